The molecule has 2 nitrogen and oxygen atoms in total. The second-order valence-electron chi connectivity index (χ2n) is 0.935. The van der Waals surface area contributed by atoms with E-state index in [1.165, 1.54) is 0 Å². The number of carbonyl (C=O) groups is 1. The summed E-state index contributed by atoms with van der Waals surface area (Å²) in [7, 11) is 0. The molecule has 0 aliphatic rings. The number of alkyl halides is 1. The van der Waals surface area contributed by atoms with Gasteiger partial charge in [-0.15, -0.1) is 0 Å². The van der Waals surface area contributed by atoms with E-state index in [2.05, 4.69) is 0 Å². The Kier molecular flexibility index (Phi) is 1.57. The quantitative estimate of drug-likeness (QED) is 0.457. The summed E-state index contributed by atoms with van der Waals surface area (Å²) in [6, 6.07) is 0. The minimum atomic E-state index is -1.84. The summed E-state index contributed by atoms with van der Waals surface area (Å²) in [5, 5.41) is 9.21. The zero-order valence-corrected chi connectivity index (χ0v) is 3.27. The number of halogens is 1. The molecule has 0 aromatic rings. The highest BCUT2D eigenvalue weighted by atomic mass is 19.1. The van der Waals surface area contributed by atoms with E-state index in [9.17, 15) is 14.3 Å². The van der Waals surface area contributed by atoms with Crippen molar-refractivity contribution >= 4 is 5.97 Å². The lowest BCUT2D eigenvalue weighted by Gasteiger charge is -1.81. The second kappa shape index (κ2) is 1.74. The fourth-order valence-corrected chi connectivity index (χ4v) is 0. The monoisotopic (exact) mass is 91.0 g/mol. The molecule has 0 fully saturated rings. The summed E-state index contributed by atoms with van der Waals surface area (Å²) in [6.07, 6.45) is -1.84. The maximum absolute atomic E-state index is 11.2. The lowest BCUT2D eigenvalue weighted by atomic mass is 10.5. The number of hydrogen-bond acceptors (Lipinski definition) is 1. The molecule has 0 bridgehead atoms. The van der Waals surface area contributed by atoms with Crippen LogP contribution in [0.25, 0.3) is 0 Å². The Morgan fingerprint density at radius 1 is 1.83 bits per heavy atom. The number of hydrogen-bond donors (Lipinski definition) is 0. The van der Waals surface area contributed by atoms with Gasteiger partial charge in [0.15, 0.2) is 6.17 Å². The molecule has 3 heteroatoms. The Balaban J connectivity index is 3.26. The Morgan fingerprint density at radius 2 is 2.00 bits per heavy atom. The Bertz CT molecular complexity index is 59.8. The van der Waals surface area contributed by atoms with Crippen molar-refractivity contribution in [1.29, 1.82) is 0 Å². The minimum Gasteiger partial charge on any atom is -0.244 e. The van der Waals surface area contributed by atoms with E-state index in [1.807, 2.05) is 0 Å². The van der Waals surface area contributed by atoms with Crippen LogP contribution in [-0.4, -0.2) is 12.1 Å². The molecule has 0 amide bonds. The van der Waals surface area contributed by atoms with E-state index in [0.717, 1.165) is 6.92 Å². The Morgan fingerprint density at radius 3 is 2.00 bits per heavy atom. The van der Waals surface area contributed by atoms with Gasteiger partial charge in [-0.1, -0.05) is 0 Å². The van der Waals surface area contributed by atoms with E-state index >= 15 is 0 Å². The number of rotatable bonds is 1. The highest BCUT2D eigenvalue weighted by molar-refractivity contribution is 5.70. The predicted octanol–water partition coefficient (Wildman–Crippen LogP) is 0.301. The second-order valence-corrected chi connectivity index (χ2v) is 0.935. The molecule has 0 aliphatic carbocycles. The lowest BCUT2D eigenvalue weighted by Crippen LogP contribution is -2.06. The van der Waals surface area contributed by atoms with Crippen LogP contribution in [0.4, 0.5) is 4.39 Å². The van der Waals surface area contributed by atoms with Crippen LogP contribution in [0.5, 0.6) is 0 Å². The van der Waals surface area contributed by atoms with Gasteiger partial charge >= 0.3 is 5.97 Å². The van der Waals surface area contributed by atoms with Gasteiger partial charge < -0.3 is 0 Å². The first kappa shape index (κ1) is 5.40. The van der Waals surface area contributed by atoms with Crippen molar-refractivity contribution in [2.24, 2.45) is 0 Å². The van der Waals surface area contributed by atoms with Crippen molar-refractivity contribution in [3.8, 4) is 0 Å². The first-order chi connectivity index (χ1) is 2.64. The largest absolute Gasteiger partial charge is 0.389 e. The van der Waals surface area contributed by atoms with Gasteiger partial charge in [0.25, 0.3) is 0 Å². The van der Waals surface area contributed by atoms with Crippen molar-refractivity contribution in [2.45, 2.75) is 13.1 Å². The van der Waals surface area contributed by atoms with E-state index < -0.39 is 12.1 Å². The lowest BCUT2D eigenvalue weighted by molar-refractivity contribution is -0.148. The molecule has 0 aromatic carbocycles. The standard InChI is InChI=1S/C3H4FO2/c1-2(4)3(5)6/h2H,1H3/t2-/m1/s1. The maximum atomic E-state index is 11.2. The molecular formula is C3H4FO2. The van der Waals surface area contributed by atoms with Crippen LogP contribution in [0.2, 0.25) is 0 Å². The van der Waals surface area contributed by atoms with Crippen LogP contribution in [0, 0.1) is 0 Å². The Hall–Kier alpha value is -0.600. The van der Waals surface area contributed by atoms with Crippen molar-refractivity contribution in [2.75, 3.05) is 0 Å². The summed E-state index contributed by atoms with van der Waals surface area (Å²) >= 11 is 0. The third-order valence-corrected chi connectivity index (χ3v) is 0.325. The van der Waals surface area contributed by atoms with Crippen molar-refractivity contribution < 1.29 is 14.3 Å². The van der Waals surface area contributed by atoms with Gasteiger partial charge in [0.2, 0.25) is 0 Å². The van der Waals surface area contributed by atoms with Crippen molar-refractivity contribution in [3.05, 3.63) is 0 Å². The topological polar surface area (TPSA) is 37.0 Å². The fourth-order valence-electron chi connectivity index (χ4n) is 0. The maximum Gasteiger partial charge on any atom is 0.389 e. The first-order valence-corrected chi connectivity index (χ1v) is 1.49. The fraction of sp³-hybridized carbons (Fsp3) is 0.667. The summed E-state index contributed by atoms with van der Waals surface area (Å²) in [5.41, 5.74) is 0. The molecule has 1 radical (unpaired) electrons. The molecule has 0 heterocycles. The van der Waals surface area contributed by atoms with Gasteiger partial charge in [0.05, 0.1) is 0 Å². The molecule has 0 spiro atoms. The van der Waals surface area contributed by atoms with Crippen LogP contribution in [0.3, 0.4) is 0 Å². The van der Waals surface area contributed by atoms with Crippen molar-refractivity contribution in [3.63, 3.8) is 0 Å². The minimum absolute atomic E-state index is 0.912. The van der Waals surface area contributed by atoms with Gasteiger partial charge in [-0.2, -0.15) is 0 Å². The number of carbonyl (C=O) groups excluding carboxylic acids is 1. The van der Waals surface area contributed by atoms with Crippen molar-refractivity contribution in [1.82, 2.24) is 0 Å². The SMILES string of the molecule is C[C@@H](F)C([O])=O. The zero-order chi connectivity index (χ0) is 5.15. The molecule has 0 saturated carbocycles. The highest BCUT2D eigenvalue weighted by Gasteiger charge is 2.08. The van der Waals surface area contributed by atoms with Gasteiger partial charge in [0, 0.05) is 0 Å². The highest BCUT2D eigenvalue weighted by Crippen LogP contribution is 1.84. The van der Waals surface area contributed by atoms with E-state index in [-0.39, 0.29) is 0 Å². The molecule has 0 saturated heterocycles. The molecule has 0 unspecified atom stereocenters. The summed E-state index contributed by atoms with van der Waals surface area (Å²) in [5.74, 6) is -1.66. The molecule has 0 rings (SSSR count). The smallest absolute Gasteiger partial charge is 0.244 e. The van der Waals surface area contributed by atoms with Gasteiger partial charge in [-0.25, -0.2) is 14.3 Å². The normalized spacial score (nSPS) is 13.7. The van der Waals surface area contributed by atoms with E-state index in [1.54, 1.807) is 0 Å². The van der Waals surface area contributed by atoms with E-state index in [0.29, 0.717) is 0 Å². The molecule has 6 heavy (non-hydrogen) atoms. The molecule has 0 N–H and O–H groups in total. The molecule has 0 aliphatic heterocycles. The van der Waals surface area contributed by atoms with Crippen LogP contribution >= 0.6 is 0 Å². The molecule has 0 aromatic heterocycles. The zero-order valence-electron chi connectivity index (χ0n) is 3.27. The third kappa shape index (κ3) is 1.69. The van der Waals surface area contributed by atoms with Crippen LogP contribution in [0.15, 0.2) is 0 Å². The average molecular weight is 91.1 g/mol. The van der Waals surface area contributed by atoms with Gasteiger partial charge in [-0.3, -0.25) is 0 Å². The molecule has 35 valence electrons. The molecule has 1 atom stereocenters. The summed E-state index contributed by atoms with van der Waals surface area (Å²) < 4.78 is 11.2. The Labute approximate surface area is 34.6 Å². The molecular weight excluding hydrogens is 87.0 g/mol. The third-order valence-electron chi connectivity index (χ3n) is 0.325. The first-order valence-electron chi connectivity index (χ1n) is 1.49. The van der Waals surface area contributed by atoms with Crippen LogP contribution in [0.1, 0.15) is 6.92 Å². The average Bonchev–Trinajstić information content (AvgIpc) is 1.36. The van der Waals surface area contributed by atoms with E-state index in [4.69, 9.17) is 0 Å². The summed E-state index contributed by atoms with van der Waals surface area (Å²) in [6.45, 7) is 0.912. The predicted molar refractivity (Wildman–Crippen MR) is 16.3 cm³/mol. The van der Waals surface area contributed by atoms with Gasteiger partial charge in [0.1, 0.15) is 0 Å². The summed E-state index contributed by atoms with van der Waals surface area (Å²) in [4.78, 5) is 9.21. The van der Waals surface area contributed by atoms with Crippen LogP contribution in [-0.2, 0) is 9.90 Å². The van der Waals surface area contributed by atoms with Crippen LogP contribution < -0.4 is 0 Å². The van der Waals surface area contributed by atoms with Gasteiger partial charge in [-0.05, 0) is 6.92 Å².